The maximum atomic E-state index is 13.0. The van der Waals surface area contributed by atoms with E-state index < -0.39 is 28.0 Å². The number of amides is 2. The molecule has 0 radical (unpaired) electrons. The number of halogens is 2. The second kappa shape index (κ2) is 8.36. The maximum Gasteiger partial charge on any atom is 0.261 e. The number of carbonyl (C=O) groups is 2. The minimum atomic E-state index is -4.14. The summed E-state index contributed by atoms with van der Waals surface area (Å²) in [7, 11) is -4.14. The zero-order chi connectivity index (χ0) is 20.5. The Bertz CT molecular complexity index is 998. The average molecular weight is 464 g/mol. The number of hydroxylamine groups is 1. The second-order valence-corrected chi connectivity index (χ2v) is 9.68. The maximum absolute atomic E-state index is 13.0. The number of hydrogen-bond donors (Lipinski definition) is 3. The summed E-state index contributed by atoms with van der Waals surface area (Å²) in [6.45, 7) is -0.141. The number of thiophene rings is 1. The van der Waals surface area contributed by atoms with Crippen molar-refractivity contribution in [2.24, 2.45) is 0 Å². The van der Waals surface area contributed by atoms with Gasteiger partial charge in [-0.05, 0) is 36.1 Å². The Morgan fingerprint density at radius 2 is 1.96 bits per heavy atom. The van der Waals surface area contributed by atoms with Crippen molar-refractivity contribution in [2.75, 3.05) is 6.54 Å². The fourth-order valence-corrected chi connectivity index (χ4v) is 5.59. The van der Waals surface area contributed by atoms with Crippen molar-refractivity contribution in [1.82, 2.24) is 15.1 Å². The lowest BCUT2D eigenvalue weighted by atomic mass is 10.1. The molecule has 1 aromatic carbocycles. The standard InChI is InChI=1S/C16H15Cl2N3O5S2/c17-11-4-3-10(7-12(11)18)28(25,26)21-8-9(6-13(21)15(22)20-24)19-16(23)14-2-1-5-27-14/h1-5,7,9,13,24H,6,8H2,(H,19,23)(H,20,22)/t9-,13?/m1/s1. The van der Waals surface area contributed by atoms with Crippen LogP contribution in [-0.2, 0) is 14.8 Å². The second-order valence-electron chi connectivity index (χ2n) is 6.03. The highest BCUT2D eigenvalue weighted by Gasteiger charge is 2.44. The lowest BCUT2D eigenvalue weighted by molar-refractivity contribution is -0.132. The van der Waals surface area contributed by atoms with Gasteiger partial charge < -0.3 is 5.32 Å². The molecule has 2 amide bonds. The van der Waals surface area contributed by atoms with Crippen molar-refractivity contribution < 1.29 is 23.2 Å². The highest BCUT2D eigenvalue weighted by molar-refractivity contribution is 7.89. The highest BCUT2D eigenvalue weighted by Crippen LogP contribution is 2.30. The molecule has 0 spiro atoms. The van der Waals surface area contributed by atoms with Crippen molar-refractivity contribution in [3.63, 3.8) is 0 Å². The molecular formula is C16H15Cl2N3O5S2. The Hall–Kier alpha value is -1.69. The summed E-state index contributed by atoms with van der Waals surface area (Å²) in [5.74, 6) is -1.26. The third-order valence-corrected chi connectivity index (χ3v) is 7.72. The van der Waals surface area contributed by atoms with Crippen molar-refractivity contribution in [2.45, 2.75) is 23.4 Å². The van der Waals surface area contributed by atoms with Crippen molar-refractivity contribution >= 4 is 56.4 Å². The quantitative estimate of drug-likeness (QED) is 0.463. The Balaban J connectivity index is 1.87. The van der Waals surface area contributed by atoms with E-state index in [1.807, 2.05) is 0 Å². The number of carbonyl (C=O) groups excluding carboxylic acids is 2. The Kier molecular flexibility index (Phi) is 6.28. The predicted molar refractivity (Wildman–Crippen MR) is 104 cm³/mol. The molecule has 3 N–H and O–H groups in total. The van der Waals surface area contributed by atoms with Crippen molar-refractivity contribution in [1.29, 1.82) is 0 Å². The minimum Gasteiger partial charge on any atom is -0.347 e. The molecule has 2 heterocycles. The largest absolute Gasteiger partial charge is 0.347 e. The molecule has 1 aliphatic rings. The summed E-state index contributed by atoms with van der Waals surface area (Å²) >= 11 is 13.0. The molecule has 1 aromatic heterocycles. The van der Waals surface area contributed by atoms with Gasteiger partial charge in [-0.25, -0.2) is 13.9 Å². The average Bonchev–Trinajstić information content (AvgIpc) is 3.33. The van der Waals surface area contributed by atoms with Gasteiger partial charge in [0.05, 0.1) is 19.8 Å². The van der Waals surface area contributed by atoms with Crippen LogP contribution in [0.5, 0.6) is 0 Å². The van der Waals surface area contributed by atoms with E-state index in [2.05, 4.69) is 5.32 Å². The summed E-state index contributed by atoms with van der Waals surface area (Å²) in [4.78, 5) is 24.6. The summed E-state index contributed by atoms with van der Waals surface area (Å²) in [5.41, 5.74) is 1.48. The number of nitrogens with zero attached hydrogens (tertiary/aromatic N) is 1. The molecular weight excluding hydrogens is 449 g/mol. The first-order chi connectivity index (χ1) is 13.2. The van der Waals surface area contributed by atoms with Gasteiger partial charge in [0, 0.05) is 12.6 Å². The van der Waals surface area contributed by atoms with Crippen LogP contribution < -0.4 is 10.8 Å². The van der Waals surface area contributed by atoms with E-state index in [0.717, 1.165) is 4.31 Å². The van der Waals surface area contributed by atoms with E-state index in [-0.39, 0.29) is 33.8 Å². The first kappa shape index (κ1) is 21.0. The summed E-state index contributed by atoms with van der Waals surface area (Å²) < 4.78 is 27.0. The fraction of sp³-hybridized carbons (Fsp3) is 0.250. The molecule has 1 unspecified atom stereocenters. The third kappa shape index (κ3) is 4.17. The van der Waals surface area contributed by atoms with Crippen LogP contribution >= 0.6 is 34.5 Å². The zero-order valence-electron chi connectivity index (χ0n) is 14.1. The Morgan fingerprint density at radius 1 is 1.21 bits per heavy atom. The first-order valence-corrected chi connectivity index (χ1v) is 11.1. The third-order valence-electron chi connectivity index (χ3n) is 4.25. The normalized spacial score (nSPS) is 20.1. The van der Waals surface area contributed by atoms with Gasteiger partial charge >= 0.3 is 0 Å². The molecule has 0 aliphatic carbocycles. The van der Waals surface area contributed by atoms with Crippen molar-refractivity contribution in [3.05, 3.63) is 50.6 Å². The van der Waals surface area contributed by atoms with Crippen LogP contribution in [0.1, 0.15) is 16.1 Å². The van der Waals surface area contributed by atoms with E-state index in [1.54, 1.807) is 17.5 Å². The topological polar surface area (TPSA) is 116 Å². The van der Waals surface area contributed by atoms with Gasteiger partial charge in [0.25, 0.3) is 11.8 Å². The molecule has 0 saturated carbocycles. The van der Waals surface area contributed by atoms with Crippen LogP contribution in [0.4, 0.5) is 0 Å². The molecule has 1 fully saturated rings. The Morgan fingerprint density at radius 3 is 2.57 bits per heavy atom. The Labute approximate surface area is 175 Å². The van der Waals surface area contributed by atoms with Gasteiger partial charge in [0.15, 0.2) is 0 Å². The number of rotatable bonds is 5. The fourth-order valence-electron chi connectivity index (χ4n) is 2.93. The molecule has 2 atom stereocenters. The van der Waals surface area contributed by atoms with Crippen LogP contribution in [0.3, 0.4) is 0 Å². The van der Waals surface area contributed by atoms with Gasteiger partial charge in [0.2, 0.25) is 10.0 Å². The number of sulfonamides is 1. The zero-order valence-corrected chi connectivity index (χ0v) is 17.3. The van der Waals surface area contributed by atoms with Crippen LogP contribution in [0.2, 0.25) is 10.0 Å². The van der Waals surface area contributed by atoms with Crippen LogP contribution in [0.25, 0.3) is 0 Å². The summed E-state index contributed by atoms with van der Waals surface area (Å²) in [6, 6.07) is 5.34. The smallest absolute Gasteiger partial charge is 0.261 e. The molecule has 28 heavy (non-hydrogen) atoms. The number of hydrogen-bond acceptors (Lipinski definition) is 6. The lowest BCUT2D eigenvalue weighted by Gasteiger charge is -2.22. The van der Waals surface area contributed by atoms with Gasteiger partial charge in [0.1, 0.15) is 6.04 Å². The minimum absolute atomic E-state index is 0.00403. The van der Waals surface area contributed by atoms with Gasteiger partial charge in [-0.2, -0.15) is 4.31 Å². The number of benzene rings is 1. The van der Waals surface area contributed by atoms with Crippen molar-refractivity contribution in [3.8, 4) is 0 Å². The summed E-state index contributed by atoms with van der Waals surface area (Å²) in [5, 5.41) is 13.7. The molecule has 1 saturated heterocycles. The van der Waals surface area contributed by atoms with Gasteiger partial charge in [-0.3, -0.25) is 14.8 Å². The molecule has 1 aliphatic heterocycles. The molecule has 8 nitrogen and oxygen atoms in total. The molecule has 12 heteroatoms. The number of nitrogens with one attached hydrogen (secondary N) is 2. The van der Waals surface area contributed by atoms with Gasteiger partial charge in [-0.1, -0.05) is 29.3 Å². The highest BCUT2D eigenvalue weighted by atomic mass is 35.5. The molecule has 0 bridgehead atoms. The SMILES string of the molecule is O=C(N[C@@H]1CC(C(=O)NO)N(S(=O)(=O)c2ccc(Cl)c(Cl)c2)C1)c1cccs1. The molecule has 2 aromatic rings. The van der Waals surface area contributed by atoms with E-state index in [4.69, 9.17) is 28.4 Å². The van der Waals surface area contributed by atoms with Crippen LogP contribution in [0, 0.1) is 0 Å². The van der Waals surface area contributed by atoms with Crippen LogP contribution in [-0.4, -0.2) is 48.4 Å². The first-order valence-electron chi connectivity index (χ1n) is 7.99. The van der Waals surface area contributed by atoms with Gasteiger partial charge in [-0.15, -0.1) is 11.3 Å². The lowest BCUT2D eigenvalue weighted by Crippen LogP contribution is -2.45. The molecule has 150 valence electrons. The monoisotopic (exact) mass is 463 g/mol. The van der Waals surface area contributed by atoms with E-state index in [9.17, 15) is 18.0 Å². The van der Waals surface area contributed by atoms with E-state index in [0.29, 0.717) is 4.88 Å². The molecule has 3 rings (SSSR count). The van der Waals surface area contributed by atoms with E-state index >= 15 is 0 Å². The van der Waals surface area contributed by atoms with Crippen LogP contribution in [0.15, 0.2) is 40.6 Å². The van der Waals surface area contributed by atoms with E-state index in [1.165, 1.54) is 35.0 Å². The predicted octanol–water partition coefficient (Wildman–Crippen LogP) is 2.12. The summed E-state index contributed by atoms with van der Waals surface area (Å²) in [6.07, 6.45) is 0.00403.